The molecule has 8 N–H and O–H groups in total. The van der Waals surface area contributed by atoms with E-state index < -0.39 is 60.6 Å². The number of hydrogen-bond donors (Lipinski definition) is 8. The van der Waals surface area contributed by atoms with Crippen molar-refractivity contribution in [3.05, 3.63) is 36.0 Å². The van der Waals surface area contributed by atoms with Crippen molar-refractivity contribution in [3.63, 3.8) is 0 Å². The number of amides is 3. The molecule has 0 radical (unpaired) electrons. The third-order valence-corrected chi connectivity index (χ3v) is 5.97. The van der Waals surface area contributed by atoms with Gasteiger partial charge in [0, 0.05) is 23.5 Å². The van der Waals surface area contributed by atoms with Gasteiger partial charge in [0.1, 0.15) is 12.1 Å². The Morgan fingerprint density at radius 1 is 1.09 bits per heavy atom. The van der Waals surface area contributed by atoms with Gasteiger partial charge in [0.15, 0.2) is 6.04 Å². The number of aromatic amines is 1. The first kappa shape index (κ1) is 26.1. The maximum absolute atomic E-state index is 13.0. The second-order valence-electron chi connectivity index (χ2n) is 8.58. The number of rotatable bonds is 11. The topological polar surface area (TPSA) is 193 Å². The molecular formula is C23H31N5O7. The molecule has 2 aromatic rings. The third-order valence-electron chi connectivity index (χ3n) is 5.97. The first-order valence-corrected chi connectivity index (χ1v) is 11.4. The van der Waals surface area contributed by atoms with Crippen LogP contribution in [0.5, 0.6) is 0 Å². The fraction of sp³-hybridized carbons (Fsp3) is 0.478. The molecule has 5 atom stereocenters. The molecule has 1 fully saturated rings. The first-order chi connectivity index (χ1) is 16.7. The normalized spacial score (nSPS) is 18.9. The molecule has 12 heteroatoms. The fourth-order valence-electron chi connectivity index (χ4n) is 4.02. The smallest absolute Gasteiger partial charge is 0.328 e. The van der Waals surface area contributed by atoms with E-state index in [-0.39, 0.29) is 6.42 Å². The summed E-state index contributed by atoms with van der Waals surface area (Å²) in [5.74, 6) is -3.51. The van der Waals surface area contributed by atoms with E-state index in [0.717, 1.165) is 17.3 Å². The molecule has 5 unspecified atom stereocenters. The van der Waals surface area contributed by atoms with Crippen LogP contribution in [-0.4, -0.2) is 87.4 Å². The first-order valence-electron chi connectivity index (χ1n) is 11.4. The minimum atomic E-state index is -1.59. The second-order valence-corrected chi connectivity index (χ2v) is 8.58. The van der Waals surface area contributed by atoms with E-state index in [0.29, 0.717) is 18.5 Å². The summed E-state index contributed by atoms with van der Waals surface area (Å²) in [4.78, 5) is 52.9. The van der Waals surface area contributed by atoms with Gasteiger partial charge < -0.3 is 41.6 Å². The van der Waals surface area contributed by atoms with Crippen LogP contribution in [0, 0.1) is 0 Å². The summed E-state index contributed by atoms with van der Waals surface area (Å²) >= 11 is 0. The number of carboxylic acids is 1. The Balaban J connectivity index is 1.79. The van der Waals surface area contributed by atoms with Crippen molar-refractivity contribution >= 4 is 34.6 Å². The van der Waals surface area contributed by atoms with Gasteiger partial charge in [-0.3, -0.25) is 14.4 Å². The zero-order chi connectivity index (χ0) is 25.5. The second kappa shape index (κ2) is 11.8. The van der Waals surface area contributed by atoms with Crippen LogP contribution in [0.2, 0.25) is 0 Å². The molecule has 1 aromatic heterocycles. The van der Waals surface area contributed by atoms with Gasteiger partial charge in [0.25, 0.3) is 0 Å². The van der Waals surface area contributed by atoms with Crippen LogP contribution < -0.4 is 21.3 Å². The van der Waals surface area contributed by atoms with E-state index in [2.05, 4.69) is 26.3 Å². The Bertz CT molecular complexity index is 1060. The minimum Gasteiger partial charge on any atom is -0.480 e. The molecule has 1 saturated heterocycles. The van der Waals surface area contributed by atoms with Gasteiger partial charge >= 0.3 is 5.97 Å². The van der Waals surface area contributed by atoms with Crippen LogP contribution in [0.1, 0.15) is 25.3 Å². The number of carbonyl (C=O) groups excluding carboxylic acids is 3. The molecule has 0 bridgehead atoms. The maximum Gasteiger partial charge on any atom is 0.328 e. The van der Waals surface area contributed by atoms with E-state index in [1.807, 2.05) is 24.3 Å². The number of aliphatic hydroxyl groups is 2. The lowest BCUT2D eigenvalue weighted by Crippen LogP contribution is -2.59. The number of aliphatic carboxylic acids is 1. The predicted octanol–water partition coefficient (Wildman–Crippen LogP) is -1.63. The lowest BCUT2D eigenvalue weighted by atomic mass is 10.0. The van der Waals surface area contributed by atoms with Crippen molar-refractivity contribution < 1.29 is 34.5 Å². The molecular weight excluding hydrogens is 458 g/mol. The van der Waals surface area contributed by atoms with Gasteiger partial charge in [0.05, 0.1) is 18.8 Å². The van der Waals surface area contributed by atoms with Crippen molar-refractivity contribution in [3.8, 4) is 0 Å². The maximum atomic E-state index is 13.0. The van der Waals surface area contributed by atoms with Crippen molar-refractivity contribution in [2.45, 2.75) is 56.5 Å². The van der Waals surface area contributed by atoms with Crippen molar-refractivity contribution in [1.82, 2.24) is 26.3 Å². The van der Waals surface area contributed by atoms with E-state index in [9.17, 15) is 34.5 Å². The van der Waals surface area contributed by atoms with Crippen LogP contribution in [0.4, 0.5) is 0 Å². The largest absolute Gasteiger partial charge is 0.480 e. The average Bonchev–Trinajstić information content (AvgIpc) is 3.50. The number of fused-ring (bicyclic) bond motifs is 1. The number of carbonyl (C=O) groups is 4. The summed E-state index contributed by atoms with van der Waals surface area (Å²) in [6.07, 6.45) is 1.70. The Morgan fingerprint density at radius 2 is 1.80 bits per heavy atom. The predicted molar refractivity (Wildman–Crippen MR) is 125 cm³/mol. The highest BCUT2D eigenvalue weighted by Gasteiger charge is 2.33. The summed E-state index contributed by atoms with van der Waals surface area (Å²) in [6.45, 7) is 1.20. The van der Waals surface area contributed by atoms with Crippen LogP contribution in [-0.2, 0) is 25.6 Å². The van der Waals surface area contributed by atoms with E-state index in [4.69, 9.17) is 0 Å². The molecule has 0 saturated carbocycles. The Morgan fingerprint density at radius 3 is 2.43 bits per heavy atom. The summed E-state index contributed by atoms with van der Waals surface area (Å²) < 4.78 is 0. The van der Waals surface area contributed by atoms with Gasteiger partial charge in [-0.25, -0.2) is 4.79 Å². The van der Waals surface area contributed by atoms with Crippen molar-refractivity contribution in [2.24, 2.45) is 0 Å². The van der Waals surface area contributed by atoms with Crippen molar-refractivity contribution in [2.75, 3.05) is 13.2 Å². The summed E-state index contributed by atoms with van der Waals surface area (Å²) in [5, 5.41) is 39.9. The van der Waals surface area contributed by atoms with E-state index in [1.54, 1.807) is 6.20 Å². The van der Waals surface area contributed by atoms with Crippen molar-refractivity contribution in [1.29, 1.82) is 0 Å². The standard InChI is InChI=1S/C23H31N5O7/c1-12(30)19(23(34)35)28-21(32)17(9-13-10-25-15-6-3-2-5-14(13)15)26-22(33)18(11-29)27-20(31)16-7-4-8-24-16/h2-3,5-6,10,12,16-19,24-25,29-30H,4,7-9,11H2,1H3,(H,26,33)(H,27,31)(H,28,32)(H,34,35). The van der Waals surface area contributed by atoms with E-state index in [1.165, 1.54) is 6.92 Å². The van der Waals surface area contributed by atoms with Crippen LogP contribution >= 0.6 is 0 Å². The monoisotopic (exact) mass is 489 g/mol. The molecule has 12 nitrogen and oxygen atoms in total. The molecule has 3 rings (SSSR count). The number of H-pyrrole nitrogens is 1. The summed E-state index contributed by atoms with van der Waals surface area (Å²) in [7, 11) is 0. The molecule has 1 aliphatic heterocycles. The van der Waals surface area contributed by atoms with Gasteiger partial charge in [-0.2, -0.15) is 0 Å². The van der Waals surface area contributed by atoms with Crippen LogP contribution in [0.3, 0.4) is 0 Å². The molecule has 0 spiro atoms. The van der Waals surface area contributed by atoms with E-state index >= 15 is 0 Å². The van der Waals surface area contributed by atoms with Crippen LogP contribution in [0.25, 0.3) is 10.9 Å². The molecule has 1 aromatic carbocycles. The minimum absolute atomic E-state index is 0.00991. The van der Waals surface area contributed by atoms with Gasteiger partial charge in [-0.15, -0.1) is 0 Å². The number of para-hydroxylation sites is 1. The van der Waals surface area contributed by atoms with Gasteiger partial charge in [0.2, 0.25) is 17.7 Å². The van der Waals surface area contributed by atoms with Gasteiger partial charge in [-0.1, -0.05) is 18.2 Å². The third kappa shape index (κ3) is 6.56. The SMILES string of the molecule is CC(O)C(NC(=O)C(Cc1c[nH]c2ccccc12)NC(=O)C(CO)NC(=O)C1CCCN1)C(=O)O. The zero-order valence-corrected chi connectivity index (χ0v) is 19.3. The number of nitrogens with one attached hydrogen (secondary N) is 5. The quantitative estimate of drug-likeness (QED) is 0.184. The number of benzene rings is 1. The number of aromatic nitrogens is 1. The molecule has 2 heterocycles. The Hall–Kier alpha value is -3.48. The summed E-state index contributed by atoms with van der Waals surface area (Å²) in [5.41, 5.74) is 1.50. The number of carboxylic acid groups (broad SMARTS) is 1. The Kier molecular flexibility index (Phi) is 8.79. The number of aliphatic hydroxyl groups excluding tert-OH is 2. The average molecular weight is 490 g/mol. The molecule has 1 aliphatic rings. The van der Waals surface area contributed by atoms with Crippen LogP contribution in [0.15, 0.2) is 30.5 Å². The number of hydrogen-bond acceptors (Lipinski definition) is 7. The lowest BCUT2D eigenvalue weighted by Gasteiger charge is -2.25. The molecule has 0 aliphatic carbocycles. The molecule has 3 amide bonds. The highest BCUT2D eigenvalue weighted by Crippen LogP contribution is 2.19. The van der Waals surface area contributed by atoms with Gasteiger partial charge in [-0.05, 0) is 37.9 Å². The highest BCUT2D eigenvalue weighted by atomic mass is 16.4. The molecule has 190 valence electrons. The zero-order valence-electron chi connectivity index (χ0n) is 19.3. The highest BCUT2D eigenvalue weighted by molar-refractivity contribution is 5.95. The fourth-order valence-corrected chi connectivity index (χ4v) is 4.02. The Labute approximate surface area is 201 Å². The lowest BCUT2D eigenvalue weighted by molar-refractivity contribution is -0.145. The molecule has 35 heavy (non-hydrogen) atoms. The summed E-state index contributed by atoms with van der Waals surface area (Å²) in [6, 6.07) is 2.70.